The van der Waals surface area contributed by atoms with Gasteiger partial charge < -0.3 is 31.9 Å². The minimum absolute atomic E-state index is 0. The van der Waals surface area contributed by atoms with Crippen molar-refractivity contribution in [3.63, 3.8) is 0 Å². The molecule has 0 unspecified atom stereocenters. The van der Waals surface area contributed by atoms with Gasteiger partial charge in [-0.1, -0.05) is 6.58 Å². The number of halogens is 3. The molecule has 0 aliphatic heterocycles. The van der Waals surface area contributed by atoms with E-state index in [9.17, 15) is 0 Å². The van der Waals surface area contributed by atoms with Crippen LogP contribution in [0.5, 0.6) is 5.75 Å². The summed E-state index contributed by atoms with van der Waals surface area (Å²) < 4.78 is 8.39. The molecule has 0 aliphatic carbocycles. The number of ether oxygens (including phenoxy) is 1. The van der Waals surface area contributed by atoms with Crippen LogP contribution >= 0.6 is 31.9 Å². The molecule has 0 heterocycles. The van der Waals surface area contributed by atoms with Crippen molar-refractivity contribution in [1.29, 1.82) is 0 Å². The van der Waals surface area contributed by atoms with Crippen LogP contribution in [0.1, 0.15) is 0 Å². The van der Waals surface area contributed by atoms with E-state index in [1.165, 1.54) is 0 Å². The van der Waals surface area contributed by atoms with E-state index in [0.717, 1.165) is 32.3 Å². The van der Waals surface area contributed by atoms with Crippen LogP contribution in [-0.2, 0) is 0 Å². The maximum absolute atomic E-state index is 5.81. The Hall–Kier alpha value is -0.0400. The number of likely N-dealkylation sites (N-methyl/N-ethyl adjacent to an activating group) is 1. The fraction of sp³-hybridized carbons (Fsp3) is 0.385. The second-order valence-corrected chi connectivity index (χ2v) is 6.50. The molecule has 0 saturated heterocycles. The van der Waals surface area contributed by atoms with Gasteiger partial charge in [-0.25, -0.2) is 0 Å². The van der Waals surface area contributed by atoms with E-state index >= 15 is 0 Å². The van der Waals surface area contributed by atoms with Crippen molar-refractivity contribution in [3.8, 4) is 5.75 Å². The highest BCUT2D eigenvalue weighted by molar-refractivity contribution is 9.11. The number of quaternary nitrogens is 1. The maximum atomic E-state index is 5.81. The molecule has 19 heavy (non-hydrogen) atoms. The molecule has 3 nitrogen and oxygen atoms in total. The second-order valence-electron chi connectivity index (χ2n) is 4.79. The van der Waals surface area contributed by atoms with Crippen LogP contribution in [0.15, 0.2) is 33.7 Å². The van der Waals surface area contributed by atoms with E-state index < -0.39 is 0 Å². The van der Waals surface area contributed by atoms with Gasteiger partial charge >= 0.3 is 0 Å². The van der Waals surface area contributed by atoms with Gasteiger partial charge in [-0.3, -0.25) is 0 Å². The van der Waals surface area contributed by atoms with Gasteiger partial charge in [0.2, 0.25) is 0 Å². The van der Waals surface area contributed by atoms with Gasteiger partial charge in [0.05, 0.1) is 29.6 Å². The highest BCUT2D eigenvalue weighted by Crippen LogP contribution is 2.35. The predicted molar refractivity (Wildman–Crippen MR) is 83.8 cm³/mol. The summed E-state index contributed by atoms with van der Waals surface area (Å²) in [4.78, 5) is 0. The van der Waals surface area contributed by atoms with Gasteiger partial charge in [-0.15, -0.1) is 0 Å². The fourth-order valence-electron chi connectivity index (χ4n) is 1.55. The molecule has 1 rings (SSSR count). The van der Waals surface area contributed by atoms with Crippen LogP contribution in [0.25, 0.3) is 0 Å². The van der Waals surface area contributed by atoms with Crippen LogP contribution in [-0.4, -0.2) is 38.3 Å². The lowest BCUT2D eigenvalue weighted by Crippen LogP contribution is -3.00. The molecule has 0 amide bonds. The first-order chi connectivity index (χ1) is 8.35. The lowest BCUT2D eigenvalue weighted by atomic mass is 10.3. The Morgan fingerprint density at radius 2 is 1.84 bits per heavy atom. The van der Waals surface area contributed by atoms with Gasteiger partial charge in [-0.05, 0) is 50.1 Å². The topological polar surface area (TPSA) is 35.2 Å². The number of nitrogens with zero attached hydrogens (tertiary/aromatic N) is 1. The minimum Gasteiger partial charge on any atom is -1.00 e. The van der Waals surface area contributed by atoms with Gasteiger partial charge in [0.15, 0.2) is 0 Å². The quantitative estimate of drug-likeness (QED) is 0.381. The van der Waals surface area contributed by atoms with E-state index in [2.05, 4.69) is 52.5 Å². The molecule has 0 atom stereocenters. The Morgan fingerprint density at radius 1 is 1.32 bits per heavy atom. The van der Waals surface area contributed by atoms with Gasteiger partial charge in [0, 0.05) is 5.69 Å². The molecule has 0 aromatic heterocycles. The molecule has 0 spiro atoms. The van der Waals surface area contributed by atoms with Crippen molar-refractivity contribution in [1.82, 2.24) is 0 Å². The summed E-state index contributed by atoms with van der Waals surface area (Å²) >= 11 is 6.91. The summed E-state index contributed by atoms with van der Waals surface area (Å²) in [7, 11) is 4.30. The van der Waals surface area contributed by atoms with Crippen molar-refractivity contribution in [2.75, 3.05) is 39.5 Å². The Labute approximate surface area is 142 Å². The third-order valence-electron chi connectivity index (χ3n) is 2.59. The fourth-order valence-corrected chi connectivity index (χ4v) is 3.00. The zero-order valence-corrected chi connectivity index (χ0v) is 15.9. The third-order valence-corrected chi connectivity index (χ3v) is 3.77. The van der Waals surface area contributed by atoms with Crippen molar-refractivity contribution in [2.45, 2.75) is 0 Å². The largest absolute Gasteiger partial charge is 1.00 e. The molecular weight excluding hydrogens is 440 g/mol. The highest BCUT2D eigenvalue weighted by atomic mass is 79.9. The number of hydrogen-bond acceptors (Lipinski definition) is 2. The molecule has 0 fully saturated rings. The molecule has 2 N–H and O–H groups in total. The van der Waals surface area contributed by atoms with E-state index in [4.69, 9.17) is 10.5 Å². The van der Waals surface area contributed by atoms with Crippen LogP contribution < -0.4 is 27.5 Å². The van der Waals surface area contributed by atoms with Crippen molar-refractivity contribution in [3.05, 3.63) is 33.7 Å². The number of rotatable bonds is 6. The standard InChI is InChI=1S/C13H19Br2N2O.BrH/c1-4-5-17(2,3)6-7-18-13-11(14)8-10(16)9-12(13)15;/h4,8-9H,1,5-7,16H2,2-3H3;1H/q+1;/p-1. The monoisotopic (exact) mass is 456 g/mol. The summed E-state index contributed by atoms with van der Waals surface area (Å²) in [6.45, 7) is 6.24. The highest BCUT2D eigenvalue weighted by Gasteiger charge is 2.14. The van der Waals surface area contributed by atoms with Crippen molar-refractivity contribution in [2.24, 2.45) is 0 Å². The Morgan fingerprint density at radius 3 is 2.32 bits per heavy atom. The number of hydrogen-bond donors (Lipinski definition) is 1. The van der Waals surface area contributed by atoms with E-state index in [1.807, 2.05) is 18.2 Å². The third kappa shape index (κ3) is 6.29. The minimum atomic E-state index is 0. The molecule has 0 radical (unpaired) electrons. The van der Waals surface area contributed by atoms with Crippen LogP contribution in [0, 0.1) is 0 Å². The number of anilines is 1. The van der Waals surface area contributed by atoms with Gasteiger partial charge in [0.1, 0.15) is 18.9 Å². The van der Waals surface area contributed by atoms with Crippen LogP contribution in [0.3, 0.4) is 0 Å². The molecule has 1 aromatic carbocycles. The molecule has 0 aliphatic rings. The van der Waals surface area contributed by atoms with Crippen LogP contribution in [0.4, 0.5) is 5.69 Å². The first-order valence-electron chi connectivity index (χ1n) is 5.66. The summed E-state index contributed by atoms with van der Waals surface area (Å²) in [6.07, 6.45) is 1.93. The summed E-state index contributed by atoms with van der Waals surface area (Å²) in [6, 6.07) is 3.67. The van der Waals surface area contributed by atoms with Crippen molar-refractivity contribution >= 4 is 37.5 Å². The van der Waals surface area contributed by atoms with E-state index in [-0.39, 0.29) is 17.0 Å². The smallest absolute Gasteiger partial charge is 0.148 e. The van der Waals surface area contributed by atoms with E-state index in [1.54, 1.807) is 0 Å². The Balaban J connectivity index is 0.00000324. The summed E-state index contributed by atoms with van der Waals surface area (Å²) in [5.74, 6) is 0.794. The van der Waals surface area contributed by atoms with Gasteiger partial charge in [0.25, 0.3) is 0 Å². The summed E-state index contributed by atoms with van der Waals surface area (Å²) in [5.41, 5.74) is 6.43. The van der Waals surface area contributed by atoms with E-state index in [0.29, 0.717) is 12.3 Å². The average molecular weight is 459 g/mol. The van der Waals surface area contributed by atoms with Crippen LogP contribution in [0.2, 0.25) is 0 Å². The number of benzene rings is 1. The Bertz CT molecular complexity index is 413. The molecule has 6 heteroatoms. The zero-order chi connectivity index (χ0) is 13.8. The van der Waals surface area contributed by atoms with Crippen molar-refractivity contribution < 1.29 is 26.2 Å². The Kier molecular flexibility index (Phi) is 8.27. The molecular formula is C13H19Br3N2O. The summed E-state index contributed by atoms with van der Waals surface area (Å²) in [5, 5.41) is 0. The normalized spacial score (nSPS) is 10.7. The lowest BCUT2D eigenvalue weighted by Gasteiger charge is -2.28. The molecule has 0 bridgehead atoms. The predicted octanol–water partition coefficient (Wildman–Crippen LogP) is 0.439. The SMILES string of the molecule is C=CC[N+](C)(C)CCOc1c(Br)cc(N)cc1Br.[Br-]. The number of nitrogen functional groups attached to an aromatic ring is 1. The second kappa shape index (κ2) is 8.29. The maximum Gasteiger partial charge on any atom is 0.148 e. The molecule has 0 saturated carbocycles. The zero-order valence-electron chi connectivity index (χ0n) is 11.1. The first kappa shape index (κ1) is 19.0. The molecule has 1 aromatic rings. The first-order valence-corrected chi connectivity index (χ1v) is 7.24. The average Bonchev–Trinajstić information content (AvgIpc) is 2.21. The molecule has 108 valence electrons. The lowest BCUT2D eigenvalue weighted by molar-refractivity contribution is -0.884. The number of nitrogens with two attached hydrogens (primary N) is 1. The van der Waals surface area contributed by atoms with Gasteiger partial charge in [-0.2, -0.15) is 0 Å².